The molecule has 1 N–H and O–H groups in total. The molecular formula is C20H36O3. The van der Waals surface area contributed by atoms with Crippen LogP contribution in [-0.2, 0) is 9.53 Å². The fourth-order valence-electron chi connectivity index (χ4n) is 3.02. The highest BCUT2D eigenvalue weighted by molar-refractivity contribution is 5.66. The molecule has 0 bridgehead atoms. The lowest BCUT2D eigenvalue weighted by molar-refractivity contribution is -0.137. The predicted molar refractivity (Wildman–Crippen MR) is 95.7 cm³/mol. The van der Waals surface area contributed by atoms with Gasteiger partial charge in [0.15, 0.2) is 0 Å². The Hall–Kier alpha value is -0.830. The monoisotopic (exact) mass is 324 g/mol. The number of allylic oxidation sites excluding steroid dienone is 2. The van der Waals surface area contributed by atoms with Crippen molar-refractivity contribution in [3.63, 3.8) is 0 Å². The van der Waals surface area contributed by atoms with Crippen molar-refractivity contribution in [3.8, 4) is 0 Å². The summed E-state index contributed by atoms with van der Waals surface area (Å²) < 4.78 is 5.74. The van der Waals surface area contributed by atoms with Crippen LogP contribution in [0, 0.1) is 0 Å². The van der Waals surface area contributed by atoms with E-state index in [9.17, 15) is 4.79 Å². The first-order valence-electron chi connectivity index (χ1n) is 9.76. The zero-order valence-corrected chi connectivity index (χ0v) is 15.0. The molecule has 1 rings (SSSR count). The van der Waals surface area contributed by atoms with Crippen LogP contribution in [0.2, 0.25) is 0 Å². The fraction of sp³-hybridized carbons (Fsp3) is 0.850. The molecule has 1 heterocycles. The second-order valence-corrected chi connectivity index (χ2v) is 6.81. The van der Waals surface area contributed by atoms with Crippen molar-refractivity contribution in [1.82, 2.24) is 0 Å². The summed E-state index contributed by atoms with van der Waals surface area (Å²) in [7, 11) is 0. The Balaban J connectivity index is 1.81. The van der Waals surface area contributed by atoms with Crippen molar-refractivity contribution >= 4 is 5.97 Å². The largest absolute Gasteiger partial charge is 0.481 e. The third-order valence-corrected chi connectivity index (χ3v) is 4.58. The number of carbonyl (C=O) groups is 1. The van der Waals surface area contributed by atoms with Gasteiger partial charge in [-0.2, -0.15) is 0 Å². The van der Waals surface area contributed by atoms with Gasteiger partial charge in [-0.3, -0.25) is 4.79 Å². The SMILES string of the molecule is CCCCCCCC[C@@H]1O[C@H]1CC/C=C\CCCCCC(=O)O. The normalized spacial score (nSPS) is 20.2. The number of hydrogen-bond donors (Lipinski definition) is 1. The predicted octanol–water partition coefficient (Wildman–Crippen LogP) is 5.88. The van der Waals surface area contributed by atoms with Gasteiger partial charge < -0.3 is 9.84 Å². The lowest BCUT2D eigenvalue weighted by Gasteiger charge is -1.98. The van der Waals surface area contributed by atoms with Crippen LogP contribution in [0.1, 0.15) is 96.8 Å². The van der Waals surface area contributed by atoms with E-state index in [0.29, 0.717) is 18.6 Å². The van der Waals surface area contributed by atoms with Crippen molar-refractivity contribution in [1.29, 1.82) is 0 Å². The minimum atomic E-state index is -0.680. The average Bonchev–Trinajstić information content (AvgIpc) is 3.27. The van der Waals surface area contributed by atoms with Crippen LogP contribution in [0.4, 0.5) is 0 Å². The minimum absolute atomic E-state index is 0.308. The van der Waals surface area contributed by atoms with Gasteiger partial charge >= 0.3 is 5.97 Å². The molecule has 0 aromatic carbocycles. The summed E-state index contributed by atoms with van der Waals surface area (Å²) in [6, 6.07) is 0. The van der Waals surface area contributed by atoms with Gasteiger partial charge in [0, 0.05) is 6.42 Å². The lowest BCUT2D eigenvalue weighted by Crippen LogP contribution is -1.94. The molecule has 1 aliphatic heterocycles. The third kappa shape index (κ3) is 12.3. The van der Waals surface area contributed by atoms with Crippen LogP contribution >= 0.6 is 0 Å². The second-order valence-electron chi connectivity index (χ2n) is 6.81. The van der Waals surface area contributed by atoms with Crippen LogP contribution in [-0.4, -0.2) is 23.3 Å². The molecule has 0 amide bonds. The Morgan fingerprint density at radius 1 is 0.870 bits per heavy atom. The van der Waals surface area contributed by atoms with Crippen molar-refractivity contribution in [2.75, 3.05) is 0 Å². The van der Waals surface area contributed by atoms with Crippen LogP contribution in [0.25, 0.3) is 0 Å². The molecule has 134 valence electrons. The van der Waals surface area contributed by atoms with E-state index in [0.717, 1.165) is 38.5 Å². The highest BCUT2D eigenvalue weighted by atomic mass is 16.6. The van der Waals surface area contributed by atoms with Crippen molar-refractivity contribution in [2.24, 2.45) is 0 Å². The van der Waals surface area contributed by atoms with E-state index in [1.165, 1.54) is 44.9 Å². The summed E-state index contributed by atoms with van der Waals surface area (Å²) in [5.41, 5.74) is 0. The maximum Gasteiger partial charge on any atom is 0.303 e. The Labute approximate surface area is 142 Å². The molecule has 23 heavy (non-hydrogen) atoms. The molecule has 1 fully saturated rings. The first-order valence-corrected chi connectivity index (χ1v) is 9.76. The van der Waals surface area contributed by atoms with E-state index in [1.807, 2.05) is 0 Å². The number of carboxylic acids is 1. The zero-order valence-electron chi connectivity index (χ0n) is 15.0. The summed E-state index contributed by atoms with van der Waals surface area (Å²) in [5, 5.41) is 8.54. The Bertz CT molecular complexity index is 325. The average molecular weight is 325 g/mol. The van der Waals surface area contributed by atoms with Crippen molar-refractivity contribution in [3.05, 3.63) is 12.2 Å². The first-order chi connectivity index (χ1) is 11.2. The number of carboxylic acid groups (broad SMARTS) is 1. The maximum absolute atomic E-state index is 10.4. The van der Waals surface area contributed by atoms with Gasteiger partial charge in [0.2, 0.25) is 0 Å². The van der Waals surface area contributed by atoms with Gasteiger partial charge in [-0.25, -0.2) is 0 Å². The number of unbranched alkanes of at least 4 members (excludes halogenated alkanes) is 8. The number of rotatable bonds is 16. The molecule has 0 aromatic heterocycles. The Morgan fingerprint density at radius 2 is 1.52 bits per heavy atom. The third-order valence-electron chi connectivity index (χ3n) is 4.58. The van der Waals surface area contributed by atoms with E-state index >= 15 is 0 Å². The molecule has 3 nitrogen and oxygen atoms in total. The molecule has 0 aromatic rings. The highest BCUT2D eigenvalue weighted by Gasteiger charge is 2.36. The molecular weight excluding hydrogens is 288 g/mol. The fourth-order valence-corrected chi connectivity index (χ4v) is 3.02. The molecule has 0 spiro atoms. The summed E-state index contributed by atoms with van der Waals surface area (Å²) in [4.78, 5) is 10.4. The second kappa shape index (κ2) is 13.6. The van der Waals surface area contributed by atoms with Gasteiger partial charge in [-0.15, -0.1) is 0 Å². The van der Waals surface area contributed by atoms with Gasteiger partial charge in [-0.1, -0.05) is 64.0 Å². The van der Waals surface area contributed by atoms with E-state index in [4.69, 9.17) is 9.84 Å². The van der Waals surface area contributed by atoms with Gasteiger partial charge in [-0.05, 0) is 38.5 Å². The van der Waals surface area contributed by atoms with E-state index in [1.54, 1.807) is 0 Å². The first kappa shape index (κ1) is 20.2. The number of ether oxygens (including phenoxy) is 1. The van der Waals surface area contributed by atoms with Crippen LogP contribution in [0.5, 0.6) is 0 Å². The molecule has 1 aliphatic rings. The molecule has 0 radical (unpaired) electrons. The molecule has 1 saturated heterocycles. The van der Waals surface area contributed by atoms with Gasteiger partial charge in [0.05, 0.1) is 12.2 Å². The summed E-state index contributed by atoms with van der Waals surface area (Å²) >= 11 is 0. The molecule has 3 heteroatoms. The smallest absolute Gasteiger partial charge is 0.303 e. The summed E-state index contributed by atoms with van der Waals surface area (Å²) in [5.74, 6) is -0.680. The minimum Gasteiger partial charge on any atom is -0.481 e. The standard InChI is InChI=1S/C20H36O3/c1-2-3-4-5-9-12-15-18-19(23-18)16-13-10-7-6-8-11-14-17-20(21)22/h7,10,18-19H,2-6,8-9,11-17H2,1H3,(H,21,22)/b10-7-/t18-,19-/m0/s1. The van der Waals surface area contributed by atoms with Crippen molar-refractivity contribution in [2.45, 2.75) is 109 Å². The number of hydrogen-bond acceptors (Lipinski definition) is 2. The molecule has 2 atom stereocenters. The molecule has 0 saturated carbocycles. The lowest BCUT2D eigenvalue weighted by atomic mass is 10.1. The summed E-state index contributed by atoms with van der Waals surface area (Å²) in [6.07, 6.45) is 21.6. The zero-order chi connectivity index (χ0) is 16.8. The van der Waals surface area contributed by atoms with Gasteiger partial charge in [0.1, 0.15) is 0 Å². The van der Waals surface area contributed by atoms with E-state index in [2.05, 4.69) is 19.1 Å². The number of epoxide rings is 1. The van der Waals surface area contributed by atoms with E-state index < -0.39 is 5.97 Å². The Kier molecular flexibility index (Phi) is 11.9. The summed E-state index contributed by atoms with van der Waals surface area (Å²) in [6.45, 7) is 2.26. The number of aliphatic carboxylic acids is 1. The van der Waals surface area contributed by atoms with Crippen molar-refractivity contribution < 1.29 is 14.6 Å². The van der Waals surface area contributed by atoms with Gasteiger partial charge in [0.25, 0.3) is 0 Å². The van der Waals surface area contributed by atoms with E-state index in [-0.39, 0.29) is 0 Å². The van der Waals surface area contributed by atoms with Crippen LogP contribution in [0.3, 0.4) is 0 Å². The van der Waals surface area contributed by atoms with Crippen LogP contribution < -0.4 is 0 Å². The maximum atomic E-state index is 10.4. The molecule has 0 aliphatic carbocycles. The molecule has 0 unspecified atom stereocenters. The highest BCUT2D eigenvalue weighted by Crippen LogP contribution is 2.31. The topological polar surface area (TPSA) is 49.8 Å². The Morgan fingerprint density at radius 3 is 2.30 bits per heavy atom. The quantitative estimate of drug-likeness (QED) is 0.219. The van der Waals surface area contributed by atoms with Crippen LogP contribution in [0.15, 0.2) is 12.2 Å².